The lowest BCUT2D eigenvalue weighted by Gasteiger charge is -1.89. The molecule has 0 aromatic heterocycles. The van der Waals surface area contributed by atoms with Crippen LogP contribution in [0.15, 0.2) is 5.10 Å². The highest BCUT2D eigenvalue weighted by atomic mass is 16.5. The van der Waals surface area contributed by atoms with E-state index >= 15 is 0 Å². The average Bonchev–Trinajstić information content (AvgIpc) is 2.14. The van der Waals surface area contributed by atoms with Crippen LogP contribution in [0.2, 0.25) is 0 Å². The van der Waals surface area contributed by atoms with Crippen molar-refractivity contribution in [2.45, 2.75) is 0 Å². The second-order valence-electron chi connectivity index (χ2n) is 1.16. The molecule has 3 N–H and O–H groups in total. The topological polar surface area (TPSA) is 59.6 Å². The third-order valence-corrected chi connectivity index (χ3v) is 0.682. The van der Waals surface area contributed by atoms with Crippen LogP contribution in [0.3, 0.4) is 0 Å². The van der Waals surface area contributed by atoms with Gasteiger partial charge in [-0.1, -0.05) is 0 Å². The molecule has 1 heterocycles. The summed E-state index contributed by atoms with van der Waals surface area (Å²) in [5.41, 5.74) is 7.75. The summed E-state index contributed by atoms with van der Waals surface area (Å²) in [6.07, 6.45) is 0. The van der Waals surface area contributed by atoms with Crippen molar-refractivity contribution in [2.24, 2.45) is 10.8 Å². The van der Waals surface area contributed by atoms with Crippen molar-refractivity contribution in [3.63, 3.8) is 0 Å². The summed E-state index contributed by atoms with van der Waals surface area (Å²) in [5.74, 6) is 0.583. The van der Waals surface area contributed by atoms with Gasteiger partial charge in [0.25, 0.3) is 0 Å². The van der Waals surface area contributed by atoms with Gasteiger partial charge >= 0.3 is 0 Å². The first-order valence-electron chi connectivity index (χ1n) is 2.06. The summed E-state index contributed by atoms with van der Waals surface area (Å²) in [6, 6.07) is 0. The summed E-state index contributed by atoms with van der Waals surface area (Å²) in [5, 5.41) is 3.67. The Bertz CT molecular complexity index is 90.2. The van der Waals surface area contributed by atoms with Crippen LogP contribution in [0.5, 0.6) is 0 Å². The predicted octanol–water partition coefficient (Wildman–Crippen LogP) is -1.16. The SMILES string of the molecule is NCC1=NNCO1. The van der Waals surface area contributed by atoms with E-state index < -0.39 is 0 Å². The number of hydrogen-bond acceptors (Lipinski definition) is 4. The molecule has 0 spiro atoms. The van der Waals surface area contributed by atoms with Gasteiger partial charge in [-0.15, -0.1) is 5.10 Å². The maximum atomic E-state index is 5.14. The molecule has 1 rings (SSSR count). The van der Waals surface area contributed by atoms with E-state index in [1.54, 1.807) is 0 Å². The van der Waals surface area contributed by atoms with Crippen molar-refractivity contribution in [1.82, 2.24) is 5.43 Å². The highest BCUT2D eigenvalue weighted by Crippen LogP contribution is 1.83. The Balaban J connectivity index is 2.36. The molecule has 4 heteroatoms. The van der Waals surface area contributed by atoms with Gasteiger partial charge < -0.3 is 10.5 Å². The molecule has 0 atom stereocenters. The number of hydrazone groups is 1. The van der Waals surface area contributed by atoms with E-state index in [2.05, 4.69) is 10.5 Å². The Kier molecular flexibility index (Phi) is 1.12. The molecule has 0 saturated carbocycles. The molecular weight excluding hydrogens is 94.1 g/mol. The predicted molar refractivity (Wildman–Crippen MR) is 25.6 cm³/mol. The molecular formula is C3H7N3O. The normalized spacial score (nSPS) is 17.6. The smallest absolute Gasteiger partial charge is 0.221 e. The Labute approximate surface area is 41.3 Å². The zero-order chi connectivity index (χ0) is 5.11. The number of nitrogens with one attached hydrogen (secondary N) is 1. The van der Waals surface area contributed by atoms with E-state index in [-0.39, 0.29) is 0 Å². The van der Waals surface area contributed by atoms with Crippen LogP contribution in [0.1, 0.15) is 0 Å². The highest BCUT2D eigenvalue weighted by molar-refractivity contribution is 5.78. The molecule has 0 aromatic rings. The maximum Gasteiger partial charge on any atom is 0.221 e. The fourth-order valence-corrected chi connectivity index (χ4v) is 0.373. The molecule has 0 saturated heterocycles. The Morgan fingerprint density at radius 1 is 2.00 bits per heavy atom. The van der Waals surface area contributed by atoms with Crippen molar-refractivity contribution >= 4 is 5.90 Å². The molecule has 1 aliphatic heterocycles. The summed E-state index contributed by atoms with van der Waals surface area (Å²) in [6.45, 7) is 0.847. The Hall–Kier alpha value is -0.770. The Morgan fingerprint density at radius 3 is 3.14 bits per heavy atom. The molecule has 0 amide bonds. The first-order valence-corrected chi connectivity index (χ1v) is 2.06. The molecule has 0 radical (unpaired) electrons. The van der Waals surface area contributed by atoms with Gasteiger partial charge in [-0.3, -0.25) is 5.43 Å². The highest BCUT2D eigenvalue weighted by Gasteiger charge is 2.00. The molecule has 7 heavy (non-hydrogen) atoms. The maximum absolute atomic E-state index is 5.14. The van der Waals surface area contributed by atoms with Crippen molar-refractivity contribution in [1.29, 1.82) is 0 Å². The van der Waals surface area contributed by atoms with Gasteiger partial charge in [0, 0.05) is 0 Å². The van der Waals surface area contributed by atoms with Gasteiger partial charge in [-0.25, -0.2) is 0 Å². The summed E-state index contributed by atoms with van der Waals surface area (Å²) in [7, 11) is 0. The minimum atomic E-state index is 0.382. The van der Waals surface area contributed by atoms with E-state index in [0.717, 1.165) is 0 Å². The van der Waals surface area contributed by atoms with Crippen LogP contribution < -0.4 is 11.2 Å². The van der Waals surface area contributed by atoms with Gasteiger partial charge in [-0.2, -0.15) is 0 Å². The lowest BCUT2D eigenvalue weighted by Crippen LogP contribution is -2.13. The van der Waals surface area contributed by atoms with E-state index in [9.17, 15) is 0 Å². The zero-order valence-corrected chi connectivity index (χ0v) is 3.85. The van der Waals surface area contributed by atoms with E-state index in [1.165, 1.54) is 0 Å². The van der Waals surface area contributed by atoms with Crippen LogP contribution in [-0.2, 0) is 4.74 Å². The van der Waals surface area contributed by atoms with E-state index in [4.69, 9.17) is 10.5 Å². The minimum absolute atomic E-state index is 0.382. The summed E-state index contributed by atoms with van der Waals surface area (Å²) < 4.78 is 4.82. The summed E-state index contributed by atoms with van der Waals surface area (Å²) >= 11 is 0. The molecule has 0 unspecified atom stereocenters. The lowest BCUT2D eigenvalue weighted by molar-refractivity contribution is 0.312. The Morgan fingerprint density at radius 2 is 2.86 bits per heavy atom. The van der Waals surface area contributed by atoms with Gasteiger partial charge in [0.15, 0.2) is 6.73 Å². The third kappa shape index (κ3) is 0.806. The standard InChI is InChI=1S/C3H7N3O/c4-1-3-6-5-2-7-3/h5H,1-2,4H2. The minimum Gasteiger partial charge on any atom is -0.456 e. The molecule has 0 aromatic carbocycles. The van der Waals surface area contributed by atoms with E-state index in [0.29, 0.717) is 19.2 Å². The quantitative estimate of drug-likeness (QED) is 0.438. The van der Waals surface area contributed by atoms with Crippen molar-refractivity contribution in [3.05, 3.63) is 0 Å². The molecule has 1 aliphatic rings. The van der Waals surface area contributed by atoms with Crippen molar-refractivity contribution in [2.75, 3.05) is 13.3 Å². The van der Waals surface area contributed by atoms with Crippen molar-refractivity contribution in [3.8, 4) is 0 Å². The van der Waals surface area contributed by atoms with Crippen LogP contribution in [0.4, 0.5) is 0 Å². The average molecular weight is 101 g/mol. The number of nitrogens with zero attached hydrogens (tertiary/aromatic N) is 1. The van der Waals surface area contributed by atoms with Crippen molar-refractivity contribution < 1.29 is 4.74 Å². The largest absolute Gasteiger partial charge is 0.456 e. The second kappa shape index (κ2) is 1.79. The number of rotatable bonds is 1. The second-order valence-corrected chi connectivity index (χ2v) is 1.16. The van der Waals surface area contributed by atoms with Gasteiger partial charge in [-0.05, 0) is 0 Å². The monoisotopic (exact) mass is 101 g/mol. The lowest BCUT2D eigenvalue weighted by atomic mass is 10.7. The third-order valence-electron chi connectivity index (χ3n) is 0.682. The molecule has 0 bridgehead atoms. The van der Waals surface area contributed by atoms with Crippen LogP contribution in [0.25, 0.3) is 0 Å². The number of nitrogens with two attached hydrogens (primary N) is 1. The fourth-order valence-electron chi connectivity index (χ4n) is 0.373. The molecule has 4 nitrogen and oxygen atoms in total. The number of hydrogen-bond donors (Lipinski definition) is 2. The van der Waals surface area contributed by atoms with Gasteiger partial charge in [0.05, 0.1) is 6.54 Å². The van der Waals surface area contributed by atoms with Gasteiger partial charge in [0.2, 0.25) is 5.90 Å². The summed E-state index contributed by atoms with van der Waals surface area (Å²) in [4.78, 5) is 0. The first kappa shape index (κ1) is 4.39. The van der Waals surface area contributed by atoms with E-state index in [1.807, 2.05) is 0 Å². The fraction of sp³-hybridized carbons (Fsp3) is 0.667. The first-order chi connectivity index (χ1) is 3.43. The molecule has 40 valence electrons. The molecule has 0 fully saturated rings. The van der Waals surface area contributed by atoms with Gasteiger partial charge in [0.1, 0.15) is 0 Å². The van der Waals surface area contributed by atoms with Crippen LogP contribution in [0, 0.1) is 0 Å². The van der Waals surface area contributed by atoms with Crippen LogP contribution in [-0.4, -0.2) is 19.2 Å². The zero-order valence-electron chi connectivity index (χ0n) is 3.85. The molecule has 0 aliphatic carbocycles. The number of ether oxygens (including phenoxy) is 1. The van der Waals surface area contributed by atoms with Crippen LogP contribution >= 0.6 is 0 Å².